The molecule has 0 aliphatic heterocycles. The zero-order valence-electron chi connectivity index (χ0n) is 13.2. The third-order valence-electron chi connectivity index (χ3n) is 3.24. The minimum Gasteiger partial charge on any atom is -0.387 e. The largest absolute Gasteiger partial charge is 0.387 e. The number of rotatable bonds is 7. The summed E-state index contributed by atoms with van der Waals surface area (Å²) >= 11 is 3.48. The molecular formula is C15H27BrN2O2. The van der Waals surface area contributed by atoms with Crippen LogP contribution in [0.2, 0.25) is 0 Å². The zero-order valence-corrected chi connectivity index (χ0v) is 14.8. The number of aromatic nitrogens is 2. The second-order valence-electron chi connectivity index (χ2n) is 6.72. The smallest absolute Gasteiger partial charge is 0.0970 e. The second-order valence-corrected chi connectivity index (χ2v) is 7.57. The molecule has 0 bridgehead atoms. The topological polar surface area (TPSA) is 47.3 Å². The van der Waals surface area contributed by atoms with Crippen LogP contribution >= 0.6 is 15.9 Å². The molecule has 2 unspecified atom stereocenters. The van der Waals surface area contributed by atoms with Gasteiger partial charge in [-0.1, -0.05) is 27.7 Å². The second kappa shape index (κ2) is 7.57. The van der Waals surface area contributed by atoms with Crippen LogP contribution in [0.25, 0.3) is 0 Å². The lowest BCUT2D eigenvalue weighted by Gasteiger charge is -2.25. The van der Waals surface area contributed by atoms with Crippen LogP contribution in [0.1, 0.15) is 52.3 Å². The number of nitrogens with zero attached hydrogens (tertiary/aromatic N) is 2. The third kappa shape index (κ3) is 5.54. The van der Waals surface area contributed by atoms with E-state index in [2.05, 4.69) is 48.7 Å². The van der Waals surface area contributed by atoms with Gasteiger partial charge < -0.3 is 9.84 Å². The Labute approximate surface area is 130 Å². The molecule has 0 amide bonds. The van der Waals surface area contributed by atoms with Gasteiger partial charge in [-0.2, -0.15) is 5.10 Å². The van der Waals surface area contributed by atoms with Gasteiger partial charge in [0.25, 0.3) is 0 Å². The molecule has 0 spiro atoms. The number of hydrogen-bond donors (Lipinski definition) is 1. The summed E-state index contributed by atoms with van der Waals surface area (Å²) < 4.78 is 7.77. The Morgan fingerprint density at radius 3 is 2.65 bits per heavy atom. The predicted octanol–water partition coefficient (Wildman–Crippen LogP) is 3.79. The summed E-state index contributed by atoms with van der Waals surface area (Å²) in [6, 6.07) is 0. The molecule has 0 aliphatic rings. The molecule has 0 radical (unpaired) electrons. The lowest BCUT2D eigenvalue weighted by atomic mass is 9.83. The summed E-state index contributed by atoms with van der Waals surface area (Å²) in [4.78, 5) is 0. The molecule has 0 aliphatic carbocycles. The van der Waals surface area contributed by atoms with Crippen molar-refractivity contribution in [2.75, 3.05) is 13.7 Å². The van der Waals surface area contributed by atoms with Gasteiger partial charge in [0.05, 0.1) is 35.6 Å². The Hall–Kier alpha value is -0.390. The number of hydrogen-bond acceptors (Lipinski definition) is 3. The molecule has 1 heterocycles. The maximum Gasteiger partial charge on any atom is 0.0970 e. The van der Waals surface area contributed by atoms with Crippen molar-refractivity contribution in [2.45, 2.75) is 53.2 Å². The highest BCUT2D eigenvalue weighted by Gasteiger charge is 2.23. The zero-order chi connectivity index (χ0) is 15.3. The highest BCUT2D eigenvalue weighted by Crippen LogP contribution is 2.32. The first-order valence-electron chi connectivity index (χ1n) is 7.13. The van der Waals surface area contributed by atoms with E-state index in [0.717, 1.165) is 23.0 Å². The highest BCUT2D eigenvalue weighted by atomic mass is 79.9. The van der Waals surface area contributed by atoms with E-state index in [1.54, 1.807) is 13.3 Å². The molecule has 5 heteroatoms. The summed E-state index contributed by atoms with van der Waals surface area (Å²) in [5, 5.41) is 14.8. The molecule has 1 rings (SSSR count). The molecule has 4 nitrogen and oxygen atoms in total. The summed E-state index contributed by atoms with van der Waals surface area (Å²) in [7, 11) is 1.67. The number of ether oxygens (including phenoxy) is 1. The molecule has 0 fully saturated rings. The SMILES string of the molecule is COCCn1ncc(Br)c1C(O)CC(C)CC(C)(C)C. The van der Waals surface area contributed by atoms with E-state index in [-0.39, 0.29) is 5.41 Å². The fraction of sp³-hybridized carbons (Fsp3) is 0.800. The summed E-state index contributed by atoms with van der Waals surface area (Å²) in [6.45, 7) is 10.1. The van der Waals surface area contributed by atoms with E-state index in [1.165, 1.54) is 0 Å². The molecule has 2 atom stereocenters. The van der Waals surface area contributed by atoms with Crippen molar-refractivity contribution in [3.05, 3.63) is 16.4 Å². The van der Waals surface area contributed by atoms with Gasteiger partial charge in [0.1, 0.15) is 0 Å². The maximum atomic E-state index is 10.5. The normalized spacial score (nSPS) is 15.3. The van der Waals surface area contributed by atoms with Gasteiger partial charge in [-0.3, -0.25) is 4.68 Å². The van der Waals surface area contributed by atoms with Crippen LogP contribution in [-0.4, -0.2) is 28.6 Å². The number of halogens is 1. The molecule has 0 saturated carbocycles. The van der Waals surface area contributed by atoms with E-state index in [0.29, 0.717) is 19.1 Å². The van der Waals surface area contributed by atoms with Gasteiger partial charge in [-0.25, -0.2) is 0 Å². The molecular weight excluding hydrogens is 320 g/mol. The quantitative estimate of drug-likeness (QED) is 0.816. The Balaban J connectivity index is 2.71. The average Bonchev–Trinajstić information content (AvgIpc) is 2.65. The Morgan fingerprint density at radius 1 is 1.45 bits per heavy atom. The average molecular weight is 347 g/mol. The van der Waals surface area contributed by atoms with Crippen LogP contribution in [0.3, 0.4) is 0 Å². The van der Waals surface area contributed by atoms with Gasteiger partial charge >= 0.3 is 0 Å². The Morgan fingerprint density at radius 2 is 2.10 bits per heavy atom. The predicted molar refractivity (Wildman–Crippen MR) is 84.6 cm³/mol. The van der Waals surface area contributed by atoms with Crippen molar-refractivity contribution in [1.82, 2.24) is 9.78 Å². The van der Waals surface area contributed by atoms with Gasteiger partial charge in [-0.05, 0) is 40.1 Å². The lowest BCUT2D eigenvalue weighted by Crippen LogP contribution is -2.17. The first kappa shape index (κ1) is 17.7. The third-order valence-corrected chi connectivity index (χ3v) is 3.85. The number of methoxy groups -OCH3 is 1. The van der Waals surface area contributed by atoms with Crippen molar-refractivity contribution in [2.24, 2.45) is 11.3 Å². The Kier molecular flexibility index (Phi) is 6.69. The molecule has 0 aromatic carbocycles. The molecule has 20 heavy (non-hydrogen) atoms. The number of aliphatic hydroxyl groups excluding tert-OH is 1. The van der Waals surface area contributed by atoms with E-state index in [4.69, 9.17) is 4.74 Å². The van der Waals surface area contributed by atoms with Crippen LogP contribution in [-0.2, 0) is 11.3 Å². The first-order valence-corrected chi connectivity index (χ1v) is 7.92. The van der Waals surface area contributed by atoms with E-state index < -0.39 is 6.10 Å². The van der Waals surface area contributed by atoms with Crippen LogP contribution in [0.15, 0.2) is 10.7 Å². The van der Waals surface area contributed by atoms with Crippen molar-refractivity contribution in [3.63, 3.8) is 0 Å². The minimum atomic E-state index is -0.499. The molecule has 116 valence electrons. The van der Waals surface area contributed by atoms with Gasteiger partial charge in [-0.15, -0.1) is 0 Å². The standard InChI is InChI=1S/C15H27BrN2O2/c1-11(9-15(2,3)4)8-13(19)14-12(16)10-17-18(14)6-7-20-5/h10-11,13,19H,6-9H2,1-5H3. The van der Waals surface area contributed by atoms with Crippen molar-refractivity contribution in [3.8, 4) is 0 Å². The monoisotopic (exact) mass is 346 g/mol. The van der Waals surface area contributed by atoms with Crippen molar-refractivity contribution in [1.29, 1.82) is 0 Å². The van der Waals surface area contributed by atoms with Gasteiger partial charge in [0.2, 0.25) is 0 Å². The number of aliphatic hydroxyl groups is 1. The fourth-order valence-corrected chi connectivity index (χ4v) is 3.24. The first-order chi connectivity index (χ1) is 9.24. The van der Waals surface area contributed by atoms with Crippen LogP contribution in [0, 0.1) is 11.3 Å². The van der Waals surface area contributed by atoms with E-state index >= 15 is 0 Å². The summed E-state index contributed by atoms with van der Waals surface area (Å²) in [5.74, 6) is 0.461. The molecule has 1 aromatic rings. The van der Waals surface area contributed by atoms with Crippen LogP contribution in [0.5, 0.6) is 0 Å². The van der Waals surface area contributed by atoms with Gasteiger partial charge in [0.15, 0.2) is 0 Å². The molecule has 1 aromatic heterocycles. The van der Waals surface area contributed by atoms with Crippen molar-refractivity contribution < 1.29 is 9.84 Å². The molecule has 0 saturated heterocycles. The highest BCUT2D eigenvalue weighted by molar-refractivity contribution is 9.10. The maximum absolute atomic E-state index is 10.5. The van der Waals surface area contributed by atoms with Crippen LogP contribution < -0.4 is 0 Å². The summed E-state index contributed by atoms with van der Waals surface area (Å²) in [5.41, 5.74) is 1.13. The minimum absolute atomic E-state index is 0.284. The van der Waals surface area contributed by atoms with Crippen molar-refractivity contribution >= 4 is 15.9 Å². The van der Waals surface area contributed by atoms with E-state index in [9.17, 15) is 5.11 Å². The fourth-order valence-electron chi connectivity index (χ4n) is 2.68. The Bertz CT molecular complexity index is 412. The van der Waals surface area contributed by atoms with Crippen LogP contribution in [0.4, 0.5) is 0 Å². The summed E-state index contributed by atoms with van der Waals surface area (Å²) in [6.07, 6.45) is 3.08. The lowest BCUT2D eigenvalue weighted by molar-refractivity contribution is 0.120. The van der Waals surface area contributed by atoms with Gasteiger partial charge in [0, 0.05) is 7.11 Å². The molecule has 1 N–H and O–H groups in total. The van der Waals surface area contributed by atoms with E-state index in [1.807, 2.05) is 4.68 Å².